The van der Waals surface area contributed by atoms with Crippen LogP contribution in [0, 0.1) is 5.92 Å². The number of amides is 1. The van der Waals surface area contributed by atoms with Crippen LogP contribution in [0.15, 0.2) is 36.4 Å². The van der Waals surface area contributed by atoms with E-state index in [1.807, 2.05) is 41.3 Å². The topological polar surface area (TPSA) is 57.2 Å². The molecule has 4 rings (SSSR count). The minimum Gasteiger partial charge on any atom is -0.497 e. The number of carbonyl (C=O) groups is 1. The standard InChI is InChI=1S/C27H35NO5/c1-30-21-9-11-22(12-10-21)33-18-24-23-17-26(32-3)25(31-2)16-20(23)13-14-28(24)27(29)15-19-7-5-4-6-8-19/h9-12,16-17,19,24H,4-8,13-15,18H2,1-3H3. The summed E-state index contributed by atoms with van der Waals surface area (Å²) < 4.78 is 22.5. The first kappa shape index (κ1) is 23.3. The maximum Gasteiger partial charge on any atom is 0.223 e. The highest BCUT2D eigenvalue weighted by Gasteiger charge is 2.33. The zero-order chi connectivity index (χ0) is 23.2. The molecule has 0 spiro atoms. The van der Waals surface area contributed by atoms with Crippen LogP contribution in [0.4, 0.5) is 0 Å². The van der Waals surface area contributed by atoms with Crippen LogP contribution in [0.1, 0.15) is 55.7 Å². The van der Waals surface area contributed by atoms with E-state index in [0.717, 1.165) is 36.3 Å². The van der Waals surface area contributed by atoms with Crippen LogP contribution in [-0.2, 0) is 11.2 Å². The number of hydrogen-bond donors (Lipinski definition) is 0. The molecule has 1 unspecified atom stereocenters. The van der Waals surface area contributed by atoms with E-state index in [9.17, 15) is 4.79 Å². The number of hydrogen-bond acceptors (Lipinski definition) is 5. The van der Waals surface area contributed by atoms with E-state index in [2.05, 4.69) is 0 Å². The highest BCUT2D eigenvalue weighted by Crippen LogP contribution is 2.39. The predicted molar refractivity (Wildman–Crippen MR) is 127 cm³/mol. The summed E-state index contributed by atoms with van der Waals surface area (Å²) in [5.74, 6) is 3.65. The summed E-state index contributed by atoms with van der Waals surface area (Å²) in [6.07, 6.45) is 7.51. The second kappa shape index (κ2) is 10.8. The van der Waals surface area contributed by atoms with Crippen molar-refractivity contribution in [2.24, 2.45) is 5.92 Å². The van der Waals surface area contributed by atoms with Crippen LogP contribution in [0.25, 0.3) is 0 Å². The molecule has 2 aromatic rings. The third kappa shape index (κ3) is 5.37. The van der Waals surface area contributed by atoms with Crippen molar-refractivity contribution < 1.29 is 23.7 Å². The molecular formula is C27H35NO5. The highest BCUT2D eigenvalue weighted by atomic mass is 16.5. The van der Waals surface area contributed by atoms with Gasteiger partial charge in [0.05, 0.1) is 27.4 Å². The fraction of sp³-hybridized carbons (Fsp3) is 0.519. The molecule has 1 fully saturated rings. The lowest BCUT2D eigenvalue weighted by molar-refractivity contribution is -0.136. The number of benzene rings is 2. The average Bonchev–Trinajstić information content (AvgIpc) is 2.87. The number of rotatable bonds is 8. The third-order valence-corrected chi connectivity index (χ3v) is 6.98. The largest absolute Gasteiger partial charge is 0.497 e. The second-order valence-electron chi connectivity index (χ2n) is 8.95. The quantitative estimate of drug-likeness (QED) is 0.551. The fourth-order valence-corrected chi connectivity index (χ4v) is 5.11. The normalized spacial score (nSPS) is 18.4. The lowest BCUT2D eigenvalue weighted by atomic mass is 9.85. The first-order valence-electron chi connectivity index (χ1n) is 11.9. The van der Waals surface area contributed by atoms with Gasteiger partial charge >= 0.3 is 0 Å². The molecule has 2 aliphatic rings. The van der Waals surface area contributed by atoms with E-state index >= 15 is 0 Å². The number of ether oxygens (including phenoxy) is 4. The average molecular weight is 454 g/mol. The molecule has 1 aliphatic carbocycles. The molecule has 178 valence electrons. The van der Waals surface area contributed by atoms with Crippen LogP contribution in [0.5, 0.6) is 23.0 Å². The van der Waals surface area contributed by atoms with Crippen molar-refractivity contribution in [1.82, 2.24) is 4.90 Å². The van der Waals surface area contributed by atoms with Gasteiger partial charge in [-0.05, 0) is 72.7 Å². The number of methoxy groups -OCH3 is 3. The fourth-order valence-electron chi connectivity index (χ4n) is 5.11. The van der Waals surface area contributed by atoms with Gasteiger partial charge in [-0.25, -0.2) is 0 Å². The number of nitrogens with zero attached hydrogens (tertiary/aromatic N) is 1. The van der Waals surface area contributed by atoms with Gasteiger partial charge in [-0.2, -0.15) is 0 Å². The molecule has 1 aliphatic heterocycles. The molecule has 1 atom stereocenters. The molecule has 6 nitrogen and oxygen atoms in total. The first-order valence-corrected chi connectivity index (χ1v) is 11.9. The zero-order valence-electron chi connectivity index (χ0n) is 20.0. The Morgan fingerprint density at radius 3 is 2.24 bits per heavy atom. The molecule has 0 saturated heterocycles. The summed E-state index contributed by atoms with van der Waals surface area (Å²) in [5, 5.41) is 0. The van der Waals surface area contributed by atoms with Gasteiger partial charge in [0.25, 0.3) is 0 Å². The van der Waals surface area contributed by atoms with Crippen molar-refractivity contribution in [3.8, 4) is 23.0 Å². The van der Waals surface area contributed by atoms with Gasteiger partial charge in [0.2, 0.25) is 5.91 Å². The molecule has 0 bridgehead atoms. The Balaban J connectivity index is 1.58. The van der Waals surface area contributed by atoms with Crippen molar-refractivity contribution in [1.29, 1.82) is 0 Å². The summed E-state index contributed by atoms with van der Waals surface area (Å²) in [6.45, 7) is 1.07. The van der Waals surface area contributed by atoms with Crippen molar-refractivity contribution in [3.05, 3.63) is 47.5 Å². The monoisotopic (exact) mass is 453 g/mol. The molecule has 1 amide bonds. The summed E-state index contributed by atoms with van der Waals surface area (Å²) >= 11 is 0. The third-order valence-electron chi connectivity index (χ3n) is 6.98. The SMILES string of the molecule is COc1ccc(OCC2c3cc(OC)c(OC)cc3CCN2C(=O)CC2CCCCC2)cc1. The van der Waals surface area contributed by atoms with Gasteiger partial charge < -0.3 is 23.8 Å². The predicted octanol–water partition coefficient (Wildman–Crippen LogP) is 5.19. The summed E-state index contributed by atoms with van der Waals surface area (Å²) in [6, 6.07) is 11.4. The number of carbonyl (C=O) groups excluding carboxylic acids is 1. The highest BCUT2D eigenvalue weighted by molar-refractivity contribution is 5.77. The smallest absolute Gasteiger partial charge is 0.223 e. The Kier molecular flexibility index (Phi) is 7.63. The van der Waals surface area contributed by atoms with E-state index in [1.54, 1.807) is 21.3 Å². The van der Waals surface area contributed by atoms with Gasteiger partial charge in [-0.15, -0.1) is 0 Å². The van der Waals surface area contributed by atoms with Crippen molar-refractivity contribution in [2.75, 3.05) is 34.5 Å². The van der Waals surface area contributed by atoms with Gasteiger partial charge in [0.15, 0.2) is 11.5 Å². The van der Waals surface area contributed by atoms with E-state index < -0.39 is 0 Å². The van der Waals surface area contributed by atoms with Gasteiger partial charge in [-0.1, -0.05) is 19.3 Å². The first-order chi connectivity index (χ1) is 16.1. The summed E-state index contributed by atoms with van der Waals surface area (Å²) in [7, 11) is 4.94. The Morgan fingerprint density at radius 2 is 1.58 bits per heavy atom. The second-order valence-corrected chi connectivity index (χ2v) is 8.95. The Labute approximate surface area is 196 Å². The van der Waals surface area contributed by atoms with Crippen molar-refractivity contribution >= 4 is 5.91 Å². The summed E-state index contributed by atoms with van der Waals surface area (Å²) in [4.78, 5) is 15.5. The molecule has 33 heavy (non-hydrogen) atoms. The Bertz CT molecular complexity index is 936. The summed E-state index contributed by atoms with van der Waals surface area (Å²) in [5.41, 5.74) is 2.25. The lowest BCUT2D eigenvalue weighted by Gasteiger charge is -2.38. The van der Waals surface area contributed by atoms with Crippen LogP contribution in [-0.4, -0.2) is 45.3 Å². The maximum atomic E-state index is 13.5. The Morgan fingerprint density at radius 1 is 0.909 bits per heavy atom. The molecule has 6 heteroatoms. The number of fused-ring (bicyclic) bond motifs is 1. The molecule has 1 heterocycles. The van der Waals surface area contributed by atoms with Crippen LogP contribution in [0.2, 0.25) is 0 Å². The molecule has 1 saturated carbocycles. The molecular weight excluding hydrogens is 418 g/mol. The van der Waals surface area contributed by atoms with Crippen LogP contribution < -0.4 is 18.9 Å². The Hall–Kier alpha value is -2.89. The van der Waals surface area contributed by atoms with E-state index in [0.29, 0.717) is 37.0 Å². The van der Waals surface area contributed by atoms with E-state index in [4.69, 9.17) is 18.9 Å². The molecule has 0 radical (unpaired) electrons. The van der Waals surface area contributed by atoms with E-state index in [-0.39, 0.29) is 11.9 Å². The van der Waals surface area contributed by atoms with Crippen molar-refractivity contribution in [3.63, 3.8) is 0 Å². The van der Waals surface area contributed by atoms with Gasteiger partial charge in [0.1, 0.15) is 18.1 Å². The minimum atomic E-state index is -0.174. The molecule has 2 aromatic carbocycles. The van der Waals surface area contributed by atoms with Crippen molar-refractivity contribution in [2.45, 2.75) is 51.0 Å². The lowest BCUT2D eigenvalue weighted by Crippen LogP contribution is -2.43. The molecule has 0 aromatic heterocycles. The van der Waals surface area contributed by atoms with Gasteiger partial charge in [0, 0.05) is 13.0 Å². The van der Waals surface area contributed by atoms with Crippen LogP contribution in [0.3, 0.4) is 0 Å². The minimum absolute atomic E-state index is 0.174. The molecule has 0 N–H and O–H groups in total. The van der Waals surface area contributed by atoms with Gasteiger partial charge in [-0.3, -0.25) is 4.79 Å². The van der Waals surface area contributed by atoms with Crippen LogP contribution >= 0.6 is 0 Å². The van der Waals surface area contributed by atoms with E-state index in [1.165, 1.54) is 24.8 Å². The zero-order valence-corrected chi connectivity index (χ0v) is 20.0. The maximum absolute atomic E-state index is 13.5.